The number of carbonyl (C=O) groups excluding carboxylic acids is 2. The summed E-state index contributed by atoms with van der Waals surface area (Å²) >= 11 is 0. The molecule has 0 spiro atoms. The second kappa shape index (κ2) is 6.94. The zero-order valence-electron chi connectivity index (χ0n) is 14.1. The molecule has 3 aromatic rings. The molecule has 2 aromatic carbocycles. The van der Waals surface area contributed by atoms with Crippen molar-refractivity contribution in [3.63, 3.8) is 0 Å². The van der Waals surface area contributed by atoms with E-state index < -0.39 is 11.7 Å². The highest BCUT2D eigenvalue weighted by molar-refractivity contribution is 6.03. The number of para-hydroxylation sites is 1. The van der Waals surface area contributed by atoms with Crippen molar-refractivity contribution < 1.29 is 14.0 Å². The van der Waals surface area contributed by atoms with E-state index in [1.165, 1.54) is 28.0 Å². The molecule has 8 nitrogen and oxygen atoms in total. The van der Waals surface area contributed by atoms with Gasteiger partial charge in [-0.05, 0) is 40.8 Å². The number of nitrogens with one attached hydrogen (secondary N) is 1. The summed E-state index contributed by atoms with van der Waals surface area (Å²) in [5, 5.41) is 13.8. The number of carbonyl (C=O) groups is 2. The quantitative estimate of drug-likeness (QED) is 0.760. The molecule has 1 atom stereocenters. The summed E-state index contributed by atoms with van der Waals surface area (Å²) in [6.07, 6.45) is 1.48. The van der Waals surface area contributed by atoms with Crippen LogP contribution in [0.4, 0.5) is 15.8 Å². The summed E-state index contributed by atoms with van der Waals surface area (Å²) in [7, 11) is 0. The number of tetrazole rings is 1. The summed E-state index contributed by atoms with van der Waals surface area (Å²) in [6, 6.07) is 13.0. The van der Waals surface area contributed by atoms with Gasteiger partial charge in [0.1, 0.15) is 12.1 Å². The van der Waals surface area contributed by atoms with E-state index in [9.17, 15) is 14.0 Å². The third kappa shape index (κ3) is 3.39. The second-order valence-electron chi connectivity index (χ2n) is 6.15. The van der Waals surface area contributed by atoms with Crippen molar-refractivity contribution in [3.05, 3.63) is 60.7 Å². The van der Waals surface area contributed by atoms with E-state index in [0.29, 0.717) is 11.4 Å². The van der Waals surface area contributed by atoms with Crippen LogP contribution in [0, 0.1) is 11.7 Å². The van der Waals surface area contributed by atoms with Gasteiger partial charge in [-0.1, -0.05) is 18.2 Å². The van der Waals surface area contributed by atoms with Crippen molar-refractivity contribution in [2.45, 2.75) is 6.42 Å². The van der Waals surface area contributed by atoms with E-state index in [1.807, 2.05) is 0 Å². The predicted octanol–water partition coefficient (Wildman–Crippen LogP) is 1.79. The maximum Gasteiger partial charge on any atom is 0.229 e. The number of hydrogen-bond donors (Lipinski definition) is 1. The van der Waals surface area contributed by atoms with Gasteiger partial charge in [0, 0.05) is 18.7 Å². The van der Waals surface area contributed by atoms with Crippen molar-refractivity contribution in [2.75, 3.05) is 16.8 Å². The lowest BCUT2D eigenvalue weighted by Gasteiger charge is -2.17. The lowest BCUT2D eigenvalue weighted by Crippen LogP contribution is -2.28. The zero-order valence-corrected chi connectivity index (χ0v) is 14.1. The summed E-state index contributed by atoms with van der Waals surface area (Å²) in [5.74, 6) is -1.62. The van der Waals surface area contributed by atoms with Crippen LogP contribution in [0.15, 0.2) is 54.9 Å². The summed E-state index contributed by atoms with van der Waals surface area (Å²) in [6.45, 7) is 0.137. The average molecular weight is 366 g/mol. The van der Waals surface area contributed by atoms with Crippen molar-refractivity contribution >= 4 is 23.2 Å². The molecule has 1 unspecified atom stereocenters. The topological polar surface area (TPSA) is 93.0 Å². The maximum atomic E-state index is 14.0. The molecule has 1 fully saturated rings. The number of halogens is 1. The van der Waals surface area contributed by atoms with Gasteiger partial charge in [-0.2, -0.15) is 0 Å². The predicted molar refractivity (Wildman–Crippen MR) is 94.6 cm³/mol. The molecular formula is C18H15FN6O2. The van der Waals surface area contributed by atoms with E-state index >= 15 is 0 Å². The highest BCUT2D eigenvalue weighted by Gasteiger charge is 2.36. The van der Waals surface area contributed by atoms with E-state index in [-0.39, 0.29) is 30.5 Å². The molecule has 2 amide bonds. The van der Waals surface area contributed by atoms with E-state index in [0.717, 1.165) is 0 Å². The molecule has 0 saturated carbocycles. The summed E-state index contributed by atoms with van der Waals surface area (Å²) < 4.78 is 15.4. The Balaban J connectivity index is 1.47. The van der Waals surface area contributed by atoms with Crippen LogP contribution in [-0.2, 0) is 9.59 Å². The lowest BCUT2D eigenvalue weighted by atomic mass is 10.1. The molecule has 4 rings (SSSR count). The van der Waals surface area contributed by atoms with Crippen LogP contribution in [0.5, 0.6) is 0 Å². The number of rotatable bonds is 4. The van der Waals surface area contributed by atoms with Crippen LogP contribution in [0.2, 0.25) is 0 Å². The molecular weight excluding hydrogens is 351 g/mol. The molecule has 136 valence electrons. The Bertz CT molecular complexity index is 991. The molecule has 27 heavy (non-hydrogen) atoms. The first kappa shape index (κ1) is 16.8. The van der Waals surface area contributed by atoms with Crippen LogP contribution in [0.1, 0.15) is 6.42 Å². The molecule has 9 heteroatoms. The molecule has 1 aliphatic rings. The van der Waals surface area contributed by atoms with Crippen LogP contribution in [-0.4, -0.2) is 38.6 Å². The largest absolute Gasteiger partial charge is 0.326 e. The average Bonchev–Trinajstić information content (AvgIpc) is 3.32. The Morgan fingerprint density at radius 3 is 2.81 bits per heavy atom. The molecule has 0 bridgehead atoms. The molecule has 1 aliphatic heterocycles. The number of hydrogen-bond acceptors (Lipinski definition) is 5. The van der Waals surface area contributed by atoms with Crippen LogP contribution in [0.25, 0.3) is 5.69 Å². The molecule has 0 aliphatic carbocycles. The van der Waals surface area contributed by atoms with E-state index in [2.05, 4.69) is 20.8 Å². The van der Waals surface area contributed by atoms with Gasteiger partial charge >= 0.3 is 0 Å². The first-order valence-corrected chi connectivity index (χ1v) is 8.31. The van der Waals surface area contributed by atoms with Gasteiger partial charge in [-0.15, -0.1) is 5.10 Å². The fourth-order valence-electron chi connectivity index (χ4n) is 3.04. The van der Waals surface area contributed by atoms with Gasteiger partial charge in [0.05, 0.1) is 17.3 Å². The second-order valence-corrected chi connectivity index (χ2v) is 6.15. The molecule has 0 radical (unpaired) electrons. The molecule has 1 N–H and O–H groups in total. The minimum absolute atomic E-state index is 0.0346. The third-order valence-corrected chi connectivity index (χ3v) is 4.37. The highest BCUT2D eigenvalue weighted by atomic mass is 19.1. The van der Waals surface area contributed by atoms with Gasteiger partial charge < -0.3 is 10.2 Å². The highest BCUT2D eigenvalue weighted by Crippen LogP contribution is 2.28. The van der Waals surface area contributed by atoms with E-state index in [4.69, 9.17) is 0 Å². The minimum Gasteiger partial charge on any atom is -0.326 e. The SMILES string of the molecule is O=C(Nc1cccc(-n2cnnn2)c1)C1CC(=O)N(c2ccccc2F)C1. The number of aromatic nitrogens is 4. The van der Waals surface area contributed by atoms with Gasteiger partial charge in [-0.3, -0.25) is 9.59 Å². The first-order chi connectivity index (χ1) is 13.1. The van der Waals surface area contributed by atoms with Gasteiger partial charge in [0.25, 0.3) is 0 Å². The van der Waals surface area contributed by atoms with Gasteiger partial charge in [0.2, 0.25) is 11.8 Å². The Hall–Kier alpha value is -3.62. The molecule has 1 saturated heterocycles. The summed E-state index contributed by atoms with van der Waals surface area (Å²) in [4.78, 5) is 26.2. The number of anilines is 2. The summed E-state index contributed by atoms with van der Waals surface area (Å²) in [5.41, 5.74) is 1.44. The Morgan fingerprint density at radius 1 is 1.19 bits per heavy atom. The molecule has 2 heterocycles. The smallest absolute Gasteiger partial charge is 0.229 e. The normalized spacial score (nSPS) is 16.6. The fraction of sp³-hybridized carbons (Fsp3) is 0.167. The lowest BCUT2D eigenvalue weighted by molar-refractivity contribution is -0.122. The zero-order chi connectivity index (χ0) is 18.8. The maximum absolute atomic E-state index is 14.0. The van der Waals surface area contributed by atoms with Crippen LogP contribution >= 0.6 is 0 Å². The number of benzene rings is 2. The fourth-order valence-corrected chi connectivity index (χ4v) is 3.04. The minimum atomic E-state index is -0.561. The standard InChI is InChI=1S/C18H15FN6O2/c19-15-6-1-2-7-16(15)24-10-12(8-17(24)26)18(27)21-13-4-3-5-14(9-13)25-11-20-22-23-25/h1-7,9,11-12H,8,10H2,(H,21,27). The number of amides is 2. The Labute approximate surface area is 153 Å². The number of nitrogens with zero attached hydrogens (tertiary/aromatic N) is 5. The van der Waals surface area contributed by atoms with Crippen LogP contribution in [0.3, 0.4) is 0 Å². The molecule has 1 aromatic heterocycles. The third-order valence-electron chi connectivity index (χ3n) is 4.37. The van der Waals surface area contributed by atoms with Crippen molar-refractivity contribution in [2.24, 2.45) is 5.92 Å². The first-order valence-electron chi connectivity index (χ1n) is 8.31. The van der Waals surface area contributed by atoms with Crippen molar-refractivity contribution in [1.29, 1.82) is 0 Å². The van der Waals surface area contributed by atoms with Crippen LogP contribution < -0.4 is 10.2 Å². The Morgan fingerprint density at radius 2 is 2.04 bits per heavy atom. The monoisotopic (exact) mass is 366 g/mol. The van der Waals surface area contributed by atoms with Crippen molar-refractivity contribution in [1.82, 2.24) is 20.2 Å². The van der Waals surface area contributed by atoms with Gasteiger partial charge in [-0.25, -0.2) is 9.07 Å². The van der Waals surface area contributed by atoms with Crippen molar-refractivity contribution in [3.8, 4) is 5.69 Å². The van der Waals surface area contributed by atoms with E-state index in [1.54, 1.807) is 36.4 Å². The van der Waals surface area contributed by atoms with Gasteiger partial charge in [0.15, 0.2) is 0 Å². The Kier molecular flexibility index (Phi) is 4.33.